The lowest BCUT2D eigenvalue weighted by atomic mass is 9.89. The summed E-state index contributed by atoms with van der Waals surface area (Å²) in [5.41, 5.74) is 1.51. The number of anilines is 1. The number of fused-ring (bicyclic) bond motifs is 1. The first kappa shape index (κ1) is 21.2. The lowest BCUT2D eigenvalue weighted by Crippen LogP contribution is -2.42. The standard InChI is InChI=1S/C21H23ClN2O4S/c1-21(2)11-17(15-10-13(26-3)6-8-18(15)28-21)24-20(29)23-12-5-7-16(22)14(9-12)19(25)27-4/h5-10,17H,11H2,1-4H3,(H2,23,24,29). The molecule has 6 nitrogen and oxygen atoms in total. The second-order valence-corrected chi connectivity index (χ2v) is 8.12. The van der Waals surface area contributed by atoms with Crippen molar-refractivity contribution in [2.24, 2.45) is 0 Å². The molecule has 8 heteroatoms. The molecular weight excluding hydrogens is 412 g/mol. The summed E-state index contributed by atoms with van der Waals surface area (Å²) in [7, 11) is 2.94. The molecule has 0 fully saturated rings. The maximum absolute atomic E-state index is 11.8. The summed E-state index contributed by atoms with van der Waals surface area (Å²) in [6.45, 7) is 4.07. The number of benzene rings is 2. The number of carbonyl (C=O) groups is 1. The molecule has 0 aromatic heterocycles. The molecule has 0 bridgehead atoms. The van der Waals surface area contributed by atoms with E-state index in [0.717, 1.165) is 17.1 Å². The van der Waals surface area contributed by atoms with Gasteiger partial charge >= 0.3 is 5.97 Å². The Morgan fingerprint density at radius 1 is 1.24 bits per heavy atom. The minimum absolute atomic E-state index is 0.0729. The van der Waals surface area contributed by atoms with Crippen molar-refractivity contribution >= 4 is 40.6 Å². The Labute approximate surface area is 180 Å². The van der Waals surface area contributed by atoms with Gasteiger partial charge in [0.05, 0.1) is 30.8 Å². The molecule has 0 radical (unpaired) electrons. The van der Waals surface area contributed by atoms with Gasteiger partial charge in [-0.2, -0.15) is 0 Å². The lowest BCUT2D eigenvalue weighted by Gasteiger charge is -2.38. The maximum Gasteiger partial charge on any atom is 0.339 e. The first-order valence-corrected chi connectivity index (χ1v) is 9.83. The molecule has 0 saturated heterocycles. The Morgan fingerprint density at radius 3 is 2.69 bits per heavy atom. The predicted octanol–water partition coefficient (Wildman–Crippen LogP) is 4.72. The van der Waals surface area contributed by atoms with Crippen LogP contribution in [0.3, 0.4) is 0 Å². The fourth-order valence-electron chi connectivity index (χ4n) is 3.28. The molecule has 154 valence electrons. The van der Waals surface area contributed by atoms with Crippen LogP contribution in [0.4, 0.5) is 5.69 Å². The summed E-state index contributed by atoms with van der Waals surface area (Å²) in [6.07, 6.45) is 0.711. The zero-order valence-corrected chi connectivity index (χ0v) is 18.2. The average Bonchev–Trinajstić information content (AvgIpc) is 2.67. The van der Waals surface area contributed by atoms with E-state index in [0.29, 0.717) is 22.2 Å². The topological polar surface area (TPSA) is 68.8 Å². The minimum Gasteiger partial charge on any atom is -0.497 e. The van der Waals surface area contributed by atoms with E-state index in [2.05, 4.69) is 10.6 Å². The Balaban J connectivity index is 1.80. The first-order chi connectivity index (χ1) is 13.7. The van der Waals surface area contributed by atoms with E-state index in [1.165, 1.54) is 7.11 Å². The molecule has 0 aliphatic carbocycles. The molecule has 0 spiro atoms. The van der Waals surface area contributed by atoms with Crippen LogP contribution in [0.15, 0.2) is 36.4 Å². The fourth-order valence-corrected chi connectivity index (χ4v) is 3.74. The Hall–Kier alpha value is -2.51. The summed E-state index contributed by atoms with van der Waals surface area (Å²) in [5, 5.41) is 7.18. The normalized spacial score (nSPS) is 16.8. The molecule has 2 aromatic rings. The van der Waals surface area contributed by atoms with Gasteiger partial charge in [0.25, 0.3) is 0 Å². The van der Waals surface area contributed by atoms with Gasteiger partial charge in [-0.15, -0.1) is 0 Å². The van der Waals surface area contributed by atoms with Crippen LogP contribution in [0.5, 0.6) is 11.5 Å². The smallest absolute Gasteiger partial charge is 0.339 e. The number of rotatable bonds is 4. The molecule has 29 heavy (non-hydrogen) atoms. The first-order valence-electron chi connectivity index (χ1n) is 9.05. The van der Waals surface area contributed by atoms with Crippen LogP contribution < -0.4 is 20.1 Å². The highest BCUT2D eigenvalue weighted by atomic mass is 35.5. The Bertz CT molecular complexity index is 948. The van der Waals surface area contributed by atoms with Gasteiger partial charge in [-0.1, -0.05) is 11.6 Å². The number of carbonyl (C=O) groups excluding carboxylic acids is 1. The van der Waals surface area contributed by atoms with Gasteiger partial charge < -0.3 is 24.8 Å². The molecular formula is C21H23ClN2O4S. The maximum atomic E-state index is 11.8. The lowest BCUT2D eigenvalue weighted by molar-refractivity contribution is 0.0600. The van der Waals surface area contributed by atoms with E-state index in [1.54, 1.807) is 25.3 Å². The number of hydrogen-bond acceptors (Lipinski definition) is 5. The van der Waals surface area contributed by atoms with Gasteiger partial charge in [-0.3, -0.25) is 0 Å². The number of methoxy groups -OCH3 is 2. The van der Waals surface area contributed by atoms with Crippen molar-refractivity contribution < 1.29 is 19.0 Å². The second-order valence-electron chi connectivity index (χ2n) is 7.31. The molecule has 1 heterocycles. The number of hydrogen-bond donors (Lipinski definition) is 2. The molecule has 0 saturated carbocycles. The van der Waals surface area contributed by atoms with E-state index in [9.17, 15) is 4.79 Å². The van der Waals surface area contributed by atoms with Crippen LogP contribution >= 0.6 is 23.8 Å². The average molecular weight is 435 g/mol. The van der Waals surface area contributed by atoms with Crippen molar-refractivity contribution in [1.29, 1.82) is 0 Å². The zero-order chi connectivity index (χ0) is 21.2. The van der Waals surface area contributed by atoms with Crippen molar-refractivity contribution in [3.8, 4) is 11.5 Å². The van der Waals surface area contributed by atoms with E-state index >= 15 is 0 Å². The third kappa shape index (κ3) is 4.92. The van der Waals surface area contributed by atoms with E-state index in [1.807, 2.05) is 32.0 Å². The highest BCUT2D eigenvalue weighted by Gasteiger charge is 2.34. The van der Waals surface area contributed by atoms with Crippen LogP contribution in [0.2, 0.25) is 5.02 Å². The number of esters is 1. The van der Waals surface area contributed by atoms with Gasteiger partial charge in [0.1, 0.15) is 17.1 Å². The van der Waals surface area contributed by atoms with Crippen LogP contribution in [0.1, 0.15) is 42.2 Å². The van der Waals surface area contributed by atoms with E-state index < -0.39 is 5.97 Å². The van der Waals surface area contributed by atoms with Crippen LogP contribution in [-0.2, 0) is 4.74 Å². The summed E-state index contributed by atoms with van der Waals surface area (Å²) in [4.78, 5) is 11.8. The Morgan fingerprint density at radius 2 is 2.00 bits per heavy atom. The monoisotopic (exact) mass is 434 g/mol. The third-order valence-electron chi connectivity index (χ3n) is 4.61. The van der Waals surface area contributed by atoms with Gasteiger partial charge in [-0.05, 0) is 62.5 Å². The fraction of sp³-hybridized carbons (Fsp3) is 0.333. The van der Waals surface area contributed by atoms with Crippen LogP contribution in [0, 0.1) is 0 Å². The Kier molecular flexibility index (Phi) is 6.19. The summed E-state index contributed by atoms with van der Waals surface area (Å²) in [6, 6.07) is 10.6. The molecule has 2 N–H and O–H groups in total. The molecule has 1 unspecified atom stereocenters. The van der Waals surface area contributed by atoms with Crippen molar-refractivity contribution in [2.75, 3.05) is 19.5 Å². The number of thiocarbonyl (C=S) groups is 1. The number of nitrogens with one attached hydrogen (secondary N) is 2. The van der Waals surface area contributed by atoms with Gasteiger partial charge in [-0.25, -0.2) is 4.79 Å². The molecule has 1 atom stereocenters. The van der Waals surface area contributed by atoms with Crippen molar-refractivity contribution in [3.05, 3.63) is 52.5 Å². The molecule has 0 amide bonds. The highest BCUT2D eigenvalue weighted by Crippen LogP contribution is 2.41. The third-order valence-corrected chi connectivity index (χ3v) is 5.16. The van der Waals surface area contributed by atoms with E-state index in [-0.39, 0.29) is 17.2 Å². The second kappa shape index (κ2) is 8.47. The van der Waals surface area contributed by atoms with Gasteiger partial charge in [0.15, 0.2) is 5.11 Å². The summed E-state index contributed by atoms with van der Waals surface area (Å²) >= 11 is 11.6. The number of halogens is 1. The SMILES string of the molecule is COC(=O)c1cc(NC(=S)NC2CC(C)(C)Oc3ccc(OC)cc32)ccc1Cl. The van der Waals surface area contributed by atoms with Crippen LogP contribution in [-0.4, -0.2) is 30.9 Å². The van der Waals surface area contributed by atoms with Crippen LogP contribution in [0.25, 0.3) is 0 Å². The molecule has 2 aromatic carbocycles. The quantitative estimate of drug-likeness (QED) is 0.532. The summed E-state index contributed by atoms with van der Waals surface area (Å²) < 4.78 is 16.2. The molecule has 1 aliphatic rings. The number of ether oxygens (including phenoxy) is 3. The molecule has 3 rings (SSSR count). The summed E-state index contributed by atoms with van der Waals surface area (Å²) in [5.74, 6) is 1.03. The van der Waals surface area contributed by atoms with Gasteiger partial charge in [0, 0.05) is 17.7 Å². The molecule has 1 aliphatic heterocycles. The zero-order valence-electron chi connectivity index (χ0n) is 16.7. The minimum atomic E-state index is -0.510. The van der Waals surface area contributed by atoms with E-state index in [4.69, 9.17) is 38.0 Å². The van der Waals surface area contributed by atoms with Crippen molar-refractivity contribution in [1.82, 2.24) is 5.32 Å². The predicted molar refractivity (Wildman–Crippen MR) is 117 cm³/mol. The largest absolute Gasteiger partial charge is 0.497 e. The highest BCUT2D eigenvalue weighted by molar-refractivity contribution is 7.80. The van der Waals surface area contributed by atoms with Crippen molar-refractivity contribution in [2.45, 2.75) is 31.9 Å². The van der Waals surface area contributed by atoms with Crippen molar-refractivity contribution in [3.63, 3.8) is 0 Å². The van der Waals surface area contributed by atoms with Gasteiger partial charge in [0.2, 0.25) is 0 Å².